The maximum absolute atomic E-state index is 4.71. The highest BCUT2D eigenvalue weighted by molar-refractivity contribution is 5.40. The smallest absolute Gasteiger partial charge is 0.128 e. The minimum atomic E-state index is 0.506. The van der Waals surface area contributed by atoms with E-state index in [-0.39, 0.29) is 0 Å². The van der Waals surface area contributed by atoms with Crippen molar-refractivity contribution in [2.75, 3.05) is 11.4 Å². The summed E-state index contributed by atoms with van der Waals surface area (Å²) >= 11 is 0. The molecular weight excluding hydrogens is 258 g/mol. The van der Waals surface area contributed by atoms with Crippen molar-refractivity contribution in [2.24, 2.45) is 5.92 Å². The molecule has 3 heteroatoms. The quantitative estimate of drug-likeness (QED) is 0.738. The Morgan fingerprint density at radius 1 is 1.10 bits per heavy atom. The molecule has 1 aromatic heterocycles. The Morgan fingerprint density at radius 2 is 1.76 bits per heavy atom. The lowest BCUT2D eigenvalue weighted by atomic mass is 10.1. The lowest BCUT2D eigenvalue weighted by molar-refractivity contribution is 0.503. The van der Waals surface area contributed by atoms with Gasteiger partial charge in [0.25, 0.3) is 0 Å². The van der Waals surface area contributed by atoms with E-state index in [1.807, 2.05) is 6.20 Å². The molecule has 0 unspecified atom stereocenters. The Hall–Kier alpha value is -1.09. The Balaban J connectivity index is 2.82. The first-order valence-electron chi connectivity index (χ1n) is 8.42. The van der Waals surface area contributed by atoms with Gasteiger partial charge in [-0.3, -0.25) is 0 Å². The molecule has 0 aromatic carbocycles. The predicted molar refractivity (Wildman–Crippen MR) is 92.8 cm³/mol. The summed E-state index contributed by atoms with van der Waals surface area (Å²) in [6.07, 6.45) is 4.35. The maximum atomic E-state index is 4.71. The Morgan fingerprint density at radius 3 is 2.19 bits per heavy atom. The van der Waals surface area contributed by atoms with E-state index in [9.17, 15) is 0 Å². The number of nitrogens with zero attached hydrogens (tertiary/aromatic N) is 2. The first-order valence-corrected chi connectivity index (χ1v) is 8.42. The molecule has 0 saturated heterocycles. The number of hydrogen-bond acceptors (Lipinski definition) is 3. The number of rotatable bonds is 9. The summed E-state index contributed by atoms with van der Waals surface area (Å²) in [5.74, 6) is 1.76. The summed E-state index contributed by atoms with van der Waals surface area (Å²) in [5, 5.41) is 3.43. The fourth-order valence-electron chi connectivity index (χ4n) is 2.57. The average molecular weight is 291 g/mol. The topological polar surface area (TPSA) is 28.2 Å². The van der Waals surface area contributed by atoms with Gasteiger partial charge in [0.2, 0.25) is 0 Å². The Labute approximate surface area is 131 Å². The van der Waals surface area contributed by atoms with Gasteiger partial charge in [-0.15, -0.1) is 0 Å². The van der Waals surface area contributed by atoms with Crippen molar-refractivity contribution in [3.05, 3.63) is 23.9 Å². The highest BCUT2D eigenvalue weighted by Gasteiger charge is 2.17. The largest absolute Gasteiger partial charge is 0.353 e. The molecule has 0 atom stereocenters. The number of anilines is 1. The molecule has 3 nitrogen and oxygen atoms in total. The van der Waals surface area contributed by atoms with Crippen molar-refractivity contribution >= 4 is 5.82 Å². The van der Waals surface area contributed by atoms with Gasteiger partial charge in [-0.1, -0.05) is 47.6 Å². The fraction of sp³-hybridized carbons (Fsp3) is 0.722. The van der Waals surface area contributed by atoms with Crippen LogP contribution in [0.1, 0.15) is 59.9 Å². The van der Waals surface area contributed by atoms with E-state index < -0.39 is 0 Å². The fourth-order valence-corrected chi connectivity index (χ4v) is 2.57. The lowest BCUT2D eigenvalue weighted by Crippen LogP contribution is -2.38. The number of nitrogens with one attached hydrogen (secondary N) is 1. The highest BCUT2D eigenvalue weighted by Crippen LogP contribution is 2.20. The molecule has 0 aliphatic heterocycles. The summed E-state index contributed by atoms with van der Waals surface area (Å²) in [5.41, 5.74) is 1.25. The van der Waals surface area contributed by atoms with Crippen molar-refractivity contribution in [3.63, 3.8) is 0 Å². The third-order valence-electron chi connectivity index (χ3n) is 3.76. The van der Waals surface area contributed by atoms with Gasteiger partial charge in [0.15, 0.2) is 0 Å². The van der Waals surface area contributed by atoms with Crippen molar-refractivity contribution < 1.29 is 0 Å². The Kier molecular flexibility index (Phi) is 7.73. The van der Waals surface area contributed by atoms with E-state index >= 15 is 0 Å². The van der Waals surface area contributed by atoms with Crippen LogP contribution in [-0.4, -0.2) is 23.6 Å². The van der Waals surface area contributed by atoms with Crippen molar-refractivity contribution in [1.29, 1.82) is 0 Å². The van der Waals surface area contributed by atoms with Crippen LogP contribution in [0, 0.1) is 5.92 Å². The number of aromatic nitrogens is 1. The van der Waals surface area contributed by atoms with Crippen LogP contribution in [0.3, 0.4) is 0 Å². The van der Waals surface area contributed by atoms with Gasteiger partial charge in [-0.05, 0) is 30.4 Å². The molecule has 1 heterocycles. The molecule has 21 heavy (non-hydrogen) atoms. The molecule has 1 N–H and O–H groups in total. The van der Waals surface area contributed by atoms with Crippen molar-refractivity contribution in [3.8, 4) is 0 Å². The van der Waals surface area contributed by atoms with E-state index in [1.165, 1.54) is 18.4 Å². The third kappa shape index (κ3) is 6.04. The molecule has 0 spiro atoms. The molecular formula is C18H33N3. The van der Waals surface area contributed by atoms with Gasteiger partial charge in [-0.25, -0.2) is 4.98 Å². The van der Waals surface area contributed by atoms with E-state index in [4.69, 9.17) is 4.98 Å². The van der Waals surface area contributed by atoms with Crippen LogP contribution in [0.25, 0.3) is 0 Å². The molecule has 1 rings (SSSR count). The third-order valence-corrected chi connectivity index (χ3v) is 3.76. The second-order valence-corrected chi connectivity index (χ2v) is 6.58. The van der Waals surface area contributed by atoms with Crippen LogP contribution in [0.5, 0.6) is 0 Å². The lowest BCUT2D eigenvalue weighted by Gasteiger charge is -2.33. The standard InChI is InChI=1S/C18H33N3/c1-7-17(8-2)21(13-14(3)4)18-10-9-16(12-20-18)11-19-15(5)6/h9-10,12,14-15,17,19H,7-8,11,13H2,1-6H3. The summed E-state index contributed by atoms with van der Waals surface area (Å²) in [6, 6.07) is 5.47. The predicted octanol–water partition coefficient (Wildman–Crippen LogP) is 4.23. The van der Waals surface area contributed by atoms with Gasteiger partial charge < -0.3 is 10.2 Å². The van der Waals surface area contributed by atoms with Gasteiger partial charge in [0, 0.05) is 31.4 Å². The van der Waals surface area contributed by atoms with Crippen molar-refractivity contribution in [1.82, 2.24) is 10.3 Å². The zero-order chi connectivity index (χ0) is 15.8. The van der Waals surface area contributed by atoms with E-state index in [2.05, 4.69) is 63.9 Å². The molecule has 0 aliphatic rings. The molecule has 120 valence electrons. The van der Waals surface area contributed by atoms with Crippen LogP contribution >= 0.6 is 0 Å². The monoisotopic (exact) mass is 291 g/mol. The molecule has 0 bridgehead atoms. The SMILES string of the molecule is CCC(CC)N(CC(C)C)c1ccc(CNC(C)C)cn1. The molecule has 0 saturated carbocycles. The van der Waals surface area contributed by atoms with E-state index in [1.54, 1.807) is 0 Å². The normalized spacial score (nSPS) is 11.7. The minimum absolute atomic E-state index is 0.506. The van der Waals surface area contributed by atoms with E-state index in [0.29, 0.717) is 18.0 Å². The first kappa shape index (κ1) is 18.0. The van der Waals surface area contributed by atoms with E-state index in [0.717, 1.165) is 18.9 Å². The van der Waals surface area contributed by atoms with Gasteiger partial charge >= 0.3 is 0 Å². The zero-order valence-electron chi connectivity index (χ0n) is 14.7. The first-order chi connectivity index (χ1) is 9.97. The second-order valence-electron chi connectivity index (χ2n) is 6.58. The summed E-state index contributed by atoms with van der Waals surface area (Å²) in [7, 11) is 0. The van der Waals surface area contributed by atoms with Crippen LogP contribution < -0.4 is 10.2 Å². The molecule has 0 aliphatic carbocycles. The van der Waals surface area contributed by atoms with Crippen LogP contribution in [-0.2, 0) is 6.54 Å². The zero-order valence-corrected chi connectivity index (χ0v) is 14.7. The molecule has 0 fully saturated rings. The van der Waals surface area contributed by atoms with Gasteiger partial charge in [0.1, 0.15) is 5.82 Å². The number of pyridine rings is 1. The summed E-state index contributed by atoms with van der Waals surface area (Å²) in [6.45, 7) is 15.4. The molecule has 1 aromatic rings. The number of hydrogen-bond donors (Lipinski definition) is 1. The van der Waals surface area contributed by atoms with Gasteiger partial charge in [-0.2, -0.15) is 0 Å². The van der Waals surface area contributed by atoms with Gasteiger partial charge in [0.05, 0.1) is 0 Å². The minimum Gasteiger partial charge on any atom is -0.353 e. The summed E-state index contributed by atoms with van der Waals surface area (Å²) in [4.78, 5) is 7.19. The van der Waals surface area contributed by atoms with Crippen molar-refractivity contribution in [2.45, 2.75) is 73.0 Å². The maximum Gasteiger partial charge on any atom is 0.128 e. The second kappa shape index (κ2) is 9.04. The van der Waals surface area contributed by atoms with Crippen LogP contribution in [0.15, 0.2) is 18.3 Å². The van der Waals surface area contributed by atoms with Crippen LogP contribution in [0.2, 0.25) is 0 Å². The molecule has 0 amide bonds. The Bertz CT molecular complexity index is 380. The molecule has 0 radical (unpaired) electrons. The van der Waals surface area contributed by atoms with Crippen LogP contribution in [0.4, 0.5) is 5.82 Å². The average Bonchev–Trinajstić information content (AvgIpc) is 2.45. The summed E-state index contributed by atoms with van der Waals surface area (Å²) < 4.78 is 0. The highest BCUT2D eigenvalue weighted by atomic mass is 15.2.